The lowest BCUT2D eigenvalue weighted by molar-refractivity contribution is 0.0526. The molecule has 1 aromatic heterocycles. The molecule has 0 N–H and O–H groups in total. The number of aryl methyl sites for hydroxylation is 1. The number of hydrogen-bond acceptors (Lipinski definition) is 3. The molecule has 1 heterocycles. The Kier molecular flexibility index (Phi) is 6.21. The molecule has 0 radical (unpaired) electrons. The zero-order valence-corrected chi connectivity index (χ0v) is 17.3. The maximum atomic E-state index is 11.9. The van der Waals surface area contributed by atoms with Crippen LogP contribution in [0.25, 0.3) is 17.3 Å². The molecule has 146 valence electrons. The molecule has 3 aromatic rings. The van der Waals surface area contributed by atoms with Gasteiger partial charge in [0.2, 0.25) is 0 Å². The first-order chi connectivity index (χ1) is 13.9. The second-order valence-corrected chi connectivity index (χ2v) is 7.04. The largest absolute Gasteiger partial charge is 0.462 e. The second kappa shape index (κ2) is 8.81. The molecule has 5 heteroatoms. The SMILES string of the molecule is CCOC(=O)c1ccc(-n2c(C)cc(/C=C(/C#N)c3ccc(Cl)cc3)c2C)cc1. The molecule has 0 saturated heterocycles. The van der Waals surface area contributed by atoms with E-state index in [2.05, 4.69) is 10.6 Å². The first-order valence-electron chi connectivity index (χ1n) is 9.28. The normalized spacial score (nSPS) is 11.2. The third-order valence-electron chi connectivity index (χ3n) is 4.68. The molecular formula is C24H21ClN2O2. The monoisotopic (exact) mass is 404 g/mol. The molecule has 0 bridgehead atoms. The number of nitrogens with zero attached hydrogens (tertiary/aromatic N) is 2. The van der Waals surface area contributed by atoms with E-state index in [1.165, 1.54) is 0 Å². The van der Waals surface area contributed by atoms with Gasteiger partial charge >= 0.3 is 5.97 Å². The van der Waals surface area contributed by atoms with Crippen molar-refractivity contribution < 1.29 is 9.53 Å². The Morgan fingerprint density at radius 3 is 2.31 bits per heavy atom. The summed E-state index contributed by atoms with van der Waals surface area (Å²) in [5.74, 6) is -0.328. The Hall–Kier alpha value is -3.29. The van der Waals surface area contributed by atoms with Crippen LogP contribution in [0.4, 0.5) is 0 Å². The maximum Gasteiger partial charge on any atom is 0.338 e. The number of allylic oxidation sites excluding steroid dienone is 1. The Morgan fingerprint density at radius 2 is 1.72 bits per heavy atom. The van der Waals surface area contributed by atoms with Crippen LogP contribution in [0.1, 0.15) is 39.8 Å². The molecule has 0 saturated carbocycles. The smallest absolute Gasteiger partial charge is 0.338 e. The van der Waals surface area contributed by atoms with Crippen molar-refractivity contribution in [2.24, 2.45) is 0 Å². The highest BCUT2D eigenvalue weighted by molar-refractivity contribution is 6.30. The van der Waals surface area contributed by atoms with Gasteiger partial charge in [-0.2, -0.15) is 5.26 Å². The molecule has 0 aliphatic carbocycles. The van der Waals surface area contributed by atoms with Gasteiger partial charge in [-0.05, 0) is 80.4 Å². The van der Waals surface area contributed by atoms with Gasteiger partial charge in [-0.25, -0.2) is 4.79 Å². The van der Waals surface area contributed by atoms with Gasteiger partial charge in [0.1, 0.15) is 0 Å². The van der Waals surface area contributed by atoms with Crippen molar-refractivity contribution in [2.75, 3.05) is 6.61 Å². The van der Waals surface area contributed by atoms with Crippen LogP contribution in [0.2, 0.25) is 5.02 Å². The molecule has 0 aliphatic rings. The Balaban J connectivity index is 1.97. The van der Waals surface area contributed by atoms with Gasteiger partial charge in [0.25, 0.3) is 0 Å². The molecule has 3 rings (SSSR count). The molecule has 29 heavy (non-hydrogen) atoms. The van der Waals surface area contributed by atoms with Gasteiger partial charge < -0.3 is 9.30 Å². The fourth-order valence-corrected chi connectivity index (χ4v) is 3.38. The average molecular weight is 405 g/mol. The molecule has 0 fully saturated rings. The summed E-state index contributed by atoms with van der Waals surface area (Å²) in [4.78, 5) is 11.9. The summed E-state index contributed by atoms with van der Waals surface area (Å²) in [6.45, 7) is 6.15. The zero-order chi connectivity index (χ0) is 21.0. The zero-order valence-electron chi connectivity index (χ0n) is 16.6. The Morgan fingerprint density at radius 1 is 1.10 bits per heavy atom. The maximum absolute atomic E-state index is 11.9. The average Bonchev–Trinajstić information content (AvgIpc) is 3.00. The van der Waals surface area contributed by atoms with E-state index in [9.17, 15) is 10.1 Å². The van der Waals surface area contributed by atoms with Gasteiger partial charge in [-0.15, -0.1) is 0 Å². The van der Waals surface area contributed by atoms with Crippen LogP contribution < -0.4 is 0 Å². The van der Waals surface area contributed by atoms with Gasteiger partial charge in [-0.1, -0.05) is 23.7 Å². The highest BCUT2D eigenvalue weighted by Crippen LogP contribution is 2.26. The van der Waals surface area contributed by atoms with E-state index in [1.807, 2.05) is 50.3 Å². The number of carbonyl (C=O) groups is 1. The van der Waals surface area contributed by atoms with E-state index in [1.54, 1.807) is 31.2 Å². The number of ether oxygens (including phenoxy) is 1. The topological polar surface area (TPSA) is 55.0 Å². The Bertz CT molecular complexity index is 1100. The van der Waals surface area contributed by atoms with Crippen LogP contribution in [0.5, 0.6) is 0 Å². The van der Waals surface area contributed by atoms with Crippen molar-refractivity contribution in [3.63, 3.8) is 0 Å². The lowest BCUT2D eigenvalue weighted by Gasteiger charge is -2.10. The number of halogens is 1. The van der Waals surface area contributed by atoms with Crippen LogP contribution >= 0.6 is 11.6 Å². The van der Waals surface area contributed by atoms with Crippen LogP contribution in [0.15, 0.2) is 54.6 Å². The molecule has 0 spiro atoms. The standard InChI is InChI=1S/C24H21ClN2O2/c1-4-29-24(28)19-7-11-23(12-8-19)27-16(2)13-20(17(27)3)14-21(15-26)18-5-9-22(25)10-6-18/h5-14H,4H2,1-3H3/b21-14-. The Labute approximate surface area is 175 Å². The molecule has 0 aliphatic heterocycles. The molecule has 2 aromatic carbocycles. The van der Waals surface area contributed by atoms with Gasteiger partial charge in [0.05, 0.1) is 23.8 Å². The predicted molar refractivity (Wildman–Crippen MR) is 116 cm³/mol. The first kappa shape index (κ1) is 20.4. The molecule has 0 atom stereocenters. The predicted octanol–water partition coefficient (Wildman–Crippen LogP) is 5.99. The fourth-order valence-electron chi connectivity index (χ4n) is 3.26. The van der Waals surface area contributed by atoms with Crippen molar-refractivity contribution in [3.05, 3.63) is 87.7 Å². The minimum absolute atomic E-state index is 0.328. The summed E-state index contributed by atoms with van der Waals surface area (Å²) in [6.07, 6.45) is 1.88. The van der Waals surface area contributed by atoms with Crippen molar-refractivity contribution in [1.29, 1.82) is 5.26 Å². The lowest BCUT2D eigenvalue weighted by atomic mass is 10.0. The number of aromatic nitrogens is 1. The van der Waals surface area contributed by atoms with Gasteiger partial charge in [0, 0.05) is 22.1 Å². The van der Waals surface area contributed by atoms with E-state index >= 15 is 0 Å². The summed E-state index contributed by atoms with van der Waals surface area (Å²) in [5.41, 5.74) is 5.85. The van der Waals surface area contributed by atoms with E-state index in [0.717, 1.165) is 28.2 Å². The van der Waals surface area contributed by atoms with E-state index < -0.39 is 0 Å². The number of hydrogen-bond donors (Lipinski definition) is 0. The van der Waals surface area contributed by atoms with Crippen LogP contribution in [0.3, 0.4) is 0 Å². The van der Waals surface area contributed by atoms with E-state index in [0.29, 0.717) is 22.8 Å². The minimum Gasteiger partial charge on any atom is -0.462 e. The van der Waals surface area contributed by atoms with Gasteiger partial charge in [0.15, 0.2) is 0 Å². The summed E-state index contributed by atoms with van der Waals surface area (Å²) in [6, 6.07) is 18.8. The minimum atomic E-state index is -0.328. The molecule has 4 nitrogen and oxygen atoms in total. The van der Waals surface area contributed by atoms with Crippen molar-refractivity contribution in [1.82, 2.24) is 4.57 Å². The number of esters is 1. The molecule has 0 unspecified atom stereocenters. The fraction of sp³-hybridized carbons (Fsp3) is 0.167. The highest BCUT2D eigenvalue weighted by Gasteiger charge is 2.12. The van der Waals surface area contributed by atoms with Crippen molar-refractivity contribution in [2.45, 2.75) is 20.8 Å². The summed E-state index contributed by atoms with van der Waals surface area (Å²) in [7, 11) is 0. The highest BCUT2D eigenvalue weighted by atomic mass is 35.5. The third-order valence-corrected chi connectivity index (χ3v) is 4.93. The first-order valence-corrected chi connectivity index (χ1v) is 9.66. The second-order valence-electron chi connectivity index (χ2n) is 6.61. The van der Waals surface area contributed by atoms with Gasteiger partial charge in [-0.3, -0.25) is 0 Å². The summed E-state index contributed by atoms with van der Waals surface area (Å²) in [5, 5.41) is 10.3. The molecule has 0 amide bonds. The van der Waals surface area contributed by atoms with Crippen molar-refractivity contribution >= 4 is 29.2 Å². The number of carbonyl (C=O) groups excluding carboxylic acids is 1. The summed E-state index contributed by atoms with van der Waals surface area (Å²) >= 11 is 5.95. The number of nitriles is 1. The molecular weight excluding hydrogens is 384 g/mol. The number of rotatable bonds is 5. The van der Waals surface area contributed by atoms with Crippen molar-refractivity contribution in [3.8, 4) is 11.8 Å². The van der Waals surface area contributed by atoms with Crippen LogP contribution in [-0.2, 0) is 4.74 Å². The van der Waals surface area contributed by atoms with E-state index in [4.69, 9.17) is 16.3 Å². The number of benzene rings is 2. The quantitative estimate of drug-likeness (QED) is 0.387. The third kappa shape index (κ3) is 4.42. The lowest BCUT2D eigenvalue weighted by Crippen LogP contribution is -2.05. The van der Waals surface area contributed by atoms with E-state index in [-0.39, 0.29) is 5.97 Å². The van der Waals surface area contributed by atoms with Crippen LogP contribution in [-0.4, -0.2) is 17.1 Å². The summed E-state index contributed by atoms with van der Waals surface area (Å²) < 4.78 is 7.13. The van der Waals surface area contributed by atoms with Crippen LogP contribution in [0, 0.1) is 25.2 Å².